The van der Waals surface area contributed by atoms with E-state index in [2.05, 4.69) is 9.97 Å². The molecule has 21 heavy (non-hydrogen) atoms. The number of carbonyl (C=O) groups is 1. The van der Waals surface area contributed by atoms with Crippen LogP contribution in [0.5, 0.6) is 0 Å². The molecule has 3 rings (SSSR count). The molecule has 1 amide bonds. The first-order valence-electron chi connectivity index (χ1n) is 7.53. The predicted molar refractivity (Wildman–Crippen MR) is 78.8 cm³/mol. The summed E-state index contributed by atoms with van der Waals surface area (Å²) in [4.78, 5) is 24.1. The van der Waals surface area contributed by atoms with Gasteiger partial charge in [0.1, 0.15) is 11.4 Å². The fourth-order valence-corrected chi connectivity index (χ4v) is 2.89. The summed E-state index contributed by atoms with van der Waals surface area (Å²) in [6.07, 6.45) is 8.60. The second kappa shape index (κ2) is 5.60. The fraction of sp³-hybridized carbons (Fsp3) is 0.667. The Bertz CT molecular complexity index is 506. The number of nitrogens with zero attached hydrogens (tertiary/aromatic N) is 4. The first-order valence-corrected chi connectivity index (χ1v) is 7.53. The Kier molecular flexibility index (Phi) is 3.80. The van der Waals surface area contributed by atoms with E-state index in [1.165, 1.54) is 12.8 Å². The summed E-state index contributed by atoms with van der Waals surface area (Å²) in [5.74, 6) is 1.50. The highest BCUT2D eigenvalue weighted by molar-refractivity contribution is 5.76. The van der Waals surface area contributed by atoms with Crippen molar-refractivity contribution in [2.24, 2.45) is 5.92 Å². The second-order valence-electron chi connectivity index (χ2n) is 6.36. The van der Waals surface area contributed by atoms with Crippen LogP contribution >= 0.6 is 0 Å². The van der Waals surface area contributed by atoms with E-state index in [0.29, 0.717) is 31.8 Å². The molecule has 1 aromatic heterocycles. The lowest BCUT2D eigenvalue weighted by Gasteiger charge is -2.29. The van der Waals surface area contributed by atoms with Gasteiger partial charge in [0.05, 0.1) is 12.7 Å². The molecule has 2 aliphatic rings. The maximum Gasteiger partial charge on any atom is 0.222 e. The van der Waals surface area contributed by atoms with Gasteiger partial charge in [0.25, 0.3) is 0 Å². The molecule has 1 aromatic rings. The van der Waals surface area contributed by atoms with Gasteiger partial charge in [0.15, 0.2) is 0 Å². The van der Waals surface area contributed by atoms with E-state index in [1.54, 1.807) is 30.5 Å². The van der Waals surface area contributed by atoms with Gasteiger partial charge in [-0.1, -0.05) is 0 Å². The van der Waals surface area contributed by atoms with Gasteiger partial charge in [-0.05, 0) is 25.2 Å². The number of anilines is 1. The van der Waals surface area contributed by atoms with Crippen molar-refractivity contribution in [1.29, 1.82) is 0 Å². The Morgan fingerprint density at radius 3 is 3.00 bits per heavy atom. The van der Waals surface area contributed by atoms with Gasteiger partial charge >= 0.3 is 0 Å². The van der Waals surface area contributed by atoms with E-state index in [1.807, 2.05) is 4.90 Å². The zero-order valence-corrected chi connectivity index (χ0v) is 12.4. The minimum atomic E-state index is -0.856. The Hall–Kier alpha value is -1.69. The first-order chi connectivity index (χ1) is 10.1. The number of β-amino-alcohol motifs (C(OH)–C–C–N with tert-alkyl or cyclic N) is 1. The van der Waals surface area contributed by atoms with Crippen LogP contribution in [0.15, 0.2) is 18.6 Å². The average Bonchev–Trinajstić information content (AvgIpc) is 3.20. The van der Waals surface area contributed by atoms with Crippen LogP contribution < -0.4 is 4.90 Å². The molecule has 6 heteroatoms. The largest absolute Gasteiger partial charge is 0.386 e. The average molecular weight is 290 g/mol. The molecule has 6 nitrogen and oxygen atoms in total. The van der Waals surface area contributed by atoms with Gasteiger partial charge in [-0.25, -0.2) is 4.98 Å². The van der Waals surface area contributed by atoms with Crippen molar-refractivity contribution in [3.8, 4) is 0 Å². The predicted octanol–water partition coefficient (Wildman–Crippen LogP) is 0.676. The quantitative estimate of drug-likeness (QED) is 0.863. The minimum Gasteiger partial charge on any atom is -0.386 e. The number of aliphatic hydroxyl groups is 1. The van der Waals surface area contributed by atoms with Gasteiger partial charge in [0.2, 0.25) is 5.91 Å². The summed E-state index contributed by atoms with van der Waals surface area (Å²) in [6.45, 7) is 1.61. The van der Waals surface area contributed by atoms with Crippen LogP contribution in [0.1, 0.15) is 25.7 Å². The summed E-state index contributed by atoms with van der Waals surface area (Å²) < 4.78 is 0. The topological polar surface area (TPSA) is 69.6 Å². The fourth-order valence-electron chi connectivity index (χ4n) is 2.89. The van der Waals surface area contributed by atoms with Gasteiger partial charge in [-0.3, -0.25) is 9.78 Å². The number of rotatable bonds is 5. The number of carbonyl (C=O) groups excluding carboxylic acids is 1. The van der Waals surface area contributed by atoms with Gasteiger partial charge < -0.3 is 14.9 Å². The van der Waals surface area contributed by atoms with Gasteiger partial charge in [-0.2, -0.15) is 0 Å². The van der Waals surface area contributed by atoms with E-state index in [4.69, 9.17) is 0 Å². The Labute approximate surface area is 124 Å². The molecule has 0 aromatic carbocycles. The van der Waals surface area contributed by atoms with Crippen molar-refractivity contribution in [1.82, 2.24) is 14.9 Å². The molecule has 2 fully saturated rings. The van der Waals surface area contributed by atoms with E-state index >= 15 is 0 Å². The maximum atomic E-state index is 12.1. The van der Waals surface area contributed by atoms with Crippen LogP contribution in [0, 0.1) is 5.92 Å². The van der Waals surface area contributed by atoms with Crippen LogP contribution in [0.3, 0.4) is 0 Å². The van der Waals surface area contributed by atoms with Crippen molar-refractivity contribution in [2.45, 2.75) is 31.3 Å². The molecule has 1 saturated heterocycles. The highest BCUT2D eigenvalue weighted by atomic mass is 16.3. The van der Waals surface area contributed by atoms with E-state index in [-0.39, 0.29) is 5.91 Å². The molecule has 1 saturated carbocycles. The Balaban J connectivity index is 1.56. The lowest BCUT2D eigenvalue weighted by atomic mass is 10.0. The van der Waals surface area contributed by atoms with Crippen LogP contribution in [-0.2, 0) is 4.79 Å². The first kappa shape index (κ1) is 14.3. The van der Waals surface area contributed by atoms with Gasteiger partial charge in [-0.15, -0.1) is 0 Å². The highest BCUT2D eigenvalue weighted by Crippen LogP contribution is 2.33. The van der Waals surface area contributed by atoms with Crippen molar-refractivity contribution >= 4 is 11.7 Å². The van der Waals surface area contributed by atoms with Crippen molar-refractivity contribution < 1.29 is 9.90 Å². The number of likely N-dealkylation sites (N-methyl/N-ethyl adjacent to an activating group) is 1. The molecule has 114 valence electrons. The number of hydrogen-bond donors (Lipinski definition) is 1. The normalized spacial score (nSPS) is 25.1. The zero-order valence-electron chi connectivity index (χ0n) is 12.4. The molecule has 2 heterocycles. The SMILES string of the molecule is CN(CC1(O)CCN(c2cnccn2)C1)C(=O)CC1CC1. The van der Waals surface area contributed by atoms with E-state index in [0.717, 1.165) is 12.4 Å². The molecule has 1 atom stereocenters. The third-order valence-electron chi connectivity index (χ3n) is 4.32. The number of amides is 1. The van der Waals surface area contributed by atoms with Crippen LogP contribution in [0.2, 0.25) is 0 Å². The molecular weight excluding hydrogens is 268 g/mol. The molecule has 1 aliphatic heterocycles. The third kappa shape index (κ3) is 3.50. The molecule has 1 N–H and O–H groups in total. The lowest BCUT2D eigenvalue weighted by molar-refractivity contribution is -0.133. The lowest BCUT2D eigenvalue weighted by Crippen LogP contribution is -2.46. The smallest absolute Gasteiger partial charge is 0.222 e. The van der Waals surface area contributed by atoms with Crippen LogP contribution in [0.4, 0.5) is 5.82 Å². The van der Waals surface area contributed by atoms with Gasteiger partial charge in [0, 0.05) is 39.0 Å². The Morgan fingerprint density at radius 1 is 1.52 bits per heavy atom. The molecule has 0 bridgehead atoms. The van der Waals surface area contributed by atoms with E-state index < -0.39 is 5.60 Å². The van der Waals surface area contributed by atoms with Crippen molar-refractivity contribution in [3.05, 3.63) is 18.6 Å². The van der Waals surface area contributed by atoms with Crippen LogP contribution in [-0.4, -0.2) is 58.2 Å². The Morgan fingerprint density at radius 2 is 2.33 bits per heavy atom. The summed E-state index contributed by atoms with van der Waals surface area (Å²) in [6, 6.07) is 0. The molecular formula is C15H22N4O2. The second-order valence-corrected chi connectivity index (χ2v) is 6.36. The van der Waals surface area contributed by atoms with Crippen molar-refractivity contribution in [3.63, 3.8) is 0 Å². The molecule has 0 radical (unpaired) electrons. The standard InChI is InChI=1S/C15H22N4O2/c1-18(14(20)8-12-2-3-12)10-15(21)4-7-19(11-15)13-9-16-5-6-17-13/h5-6,9,12,21H,2-4,7-8,10-11H2,1H3. The zero-order chi connectivity index (χ0) is 14.9. The van der Waals surface area contributed by atoms with E-state index in [9.17, 15) is 9.90 Å². The molecule has 0 spiro atoms. The summed E-state index contributed by atoms with van der Waals surface area (Å²) in [5.41, 5.74) is -0.856. The minimum absolute atomic E-state index is 0.142. The van der Waals surface area contributed by atoms with Crippen LogP contribution in [0.25, 0.3) is 0 Å². The maximum absolute atomic E-state index is 12.1. The molecule has 1 aliphatic carbocycles. The van der Waals surface area contributed by atoms with Crippen molar-refractivity contribution in [2.75, 3.05) is 31.6 Å². The number of hydrogen-bond acceptors (Lipinski definition) is 5. The monoisotopic (exact) mass is 290 g/mol. The summed E-state index contributed by atoms with van der Waals surface area (Å²) >= 11 is 0. The number of aromatic nitrogens is 2. The summed E-state index contributed by atoms with van der Waals surface area (Å²) in [7, 11) is 1.79. The summed E-state index contributed by atoms with van der Waals surface area (Å²) in [5, 5.41) is 10.7. The highest BCUT2D eigenvalue weighted by Gasteiger charge is 2.39. The molecule has 1 unspecified atom stereocenters. The third-order valence-corrected chi connectivity index (χ3v) is 4.32.